The average molecular weight is 310 g/mol. The second-order valence-corrected chi connectivity index (χ2v) is 5.79. The predicted octanol–water partition coefficient (Wildman–Crippen LogP) is 3.07. The molecule has 6 nitrogen and oxygen atoms in total. The van der Waals surface area contributed by atoms with E-state index in [2.05, 4.69) is 29.0 Å². The first-order valence-electron chi connectivity index (χ1n) is 7.55. The molecule has 0 spiro atoms. The molecule has 0 amide bonds. The number of rotatable bonds is 5. The van der Waals surface area contributed by atoms with E-state index < -0.39 is 0 Å². The summed E-state index contributed by atoms with van der Waals surface area (Å²) in [5.41, 5.74) is 1.91. The van der Waals surface area contributed by atoms with Crippen molar-refractivity contribution in [1.82, 2.24) is 19.6 Å². The molecule has 23 heavy (non-hydrogen) atoms. The number of fused-ring (bicyclic) bond motifs is 1. The second-order valence-electron chi connectivity index (χ2n) is 5.79. The van der Waals surface area contributed by atoms with Gasteiger partial charge in [-0.1, -0.05) is 19.9 Å². The van der Waals surface area contributed by atoms with Crippen molar-refractivity contribution >= 4 is 11.6 Å². The van der Waals surface area contributed by atoms with Crippen molar-refractivity contribution in [3.8, 4) is 0 Å². The zero-order valence-corrected chi connectivity index (χ0v) is 13.1. The van der Waals surface area contributed by atoms with Crippen LogP contribution in [0.3, 0.4) is 0 Å². The largest absolute Gasteiger partial charge is 0.452 e. The molecular weight excluding hydrogens is 292 g/mol. The van der Waals surface area contributed by atoms with Crippen LogP contribution in [-0.2, 0) is 4.74 Å². The Hall–Kier alpha value is -2.76. The molecule has 3 aromatic heterocycles. The molecular formula is C17H18N4O2. The van der Waals surface area contributed by atoms with Crippen LogP contribution in [0.1, 0.15) is 42.4 Å². The summed E-state index contributed by atoms with van der Waals surface area (Å²) in [6.07, 6.45) is 5.29. The van der Waals surface area contributed by atoms with Crippen molar-refractivity contribution in [1.29, 1.82) is 0 Å². The predicted molar refractivity (Wildman–Crippen MR) is 84.8 cm³/mol. The van der Waals surface area contributed by atoms with E-state index in [0.29, 0.717) is 17.1 Å². The Labute approximate surface area is 134 Å². The van der Waals surface area contributed by atoms with E-state index in [9.17, 15) is 4.79 Å². The minimum Gasteiger partial charge on any atom is -0.452 e. The van der Waals surface area contributed by atoms with Crippen LogP contribution in [-0.4, -0.2) is 25.6 Å². The molecule has 0 bridgehead atoms. The highest BCUT2D eigenvalue weighted by molar-refractivity contribution is 5.89. The molecule has 6 heteroatoms. The molecule has 0 saturated heterocycles. The third kappa shape index (κ3) is 3.53. The summed E-state index contributed by atoms with van der Waals surface area (Å²) in [5, 5.41) is 7.72. The van der Waals surface area contributed by atoms with Gasteiger partial charge in [-0.2, -0.15) is 0 Å². The van der Waals surface area contributed by atoms with Crippen LogP contribution < -0.4 is 0 Å². The molecule has 0 aromatic carbocycles. The highest BCUT2D eigenvalue weighted by atomic mass is 16.5. The number of carbonyl (C=O) groups is 1. The Morgan fingerprint density at radius 2 is 2.13 bits per heavy atom. The topological polar surface area (TPSA) is 69.4 Å². The number of esters is 1. The van der Waals surface area contributed by atoms with Crippen LogP contribution >= 0.6 is 0 Å². The molecule has 0 saturated carbocycles. The first kappa shape index (κ1) is 15.1. The number of aromatic nitrogens is 4. The van der Waals surface area contributed by atoms with Gasteiger partial charge in [-0.3, -0.25) is 9.38 Å². The molecule has 3 heterocycles. The third-order valence-electron chi connectivity index (χ3n) is 3.48. The van der Waals surface area contributed by atoms with Crippen LogP contribution in [0.25, 0.3) is 5.65 Å². The van der Waals surface area contributed by atoms with Crippen LogP contribution in [0, 0.1) is 5.92 Å². The molecule has 0 radical (unpaired) electrons. The maximum absolute atomic E-state index is 12.5. The SMILES string of the molecule is CC(C)C[C@@H](OC(=O)c1ccc2nncn2c1)c1ccccn1. The lowest BCUT2D eigenvalue weighted by atomic mass is 10.0. The van der Waals surface area contributed by atoms with Crippen molar-refractivity contribution in [2.24, 2.45) is 5.92 Å². The fourth-order valence-corrected chi connectivity index (χ4v) is 2.37. The Balaban J connectivity index is 1.82. The van der Waals surface area contributed by atoms with Crippen LogP contribution in [0.15, 0.2) is 49.1 Å². The van der Waals surface area contributed by atoms with E-state index in [1.165, 1.54) is 0 Å². The Kier molecular flexibility index (Phi) is 4.32. The first-order chi connectivity index (χ1) is 11.1. The Bertz CT molecular complexity index is 798. The Morgan fingerprint density at radius 1 is 1.26 bits per heavy atom. The fraction of sp³-hybridized carbons (Fsp3) is 0.294. The molecule has 1 atom stereocenters. The van der Waals surface area contributed by atoms with Gasteiger partial charge in [0.05, 0.1) is 11.3 Å². The quantitative estimate of drug-likeness (QED) is 0.677. The average Bonchev–Trinajstić information content (AvgIpc) is 3.02. The lowest BCUT2D eigenvalue weighted by Crippen LogP contribution is -2.15. The van der Waals surface area contributed by atoms with Gasteiger partial charge in [-0.25, -0.2) is 4.79 Å². The standard InChI is InChI=1S/C17H18N4O2/c1-12(2)9-15(14-5-3-4-8-18-14)23-17(22)13-6-7-16-20-19-11-21(16)10-13/h3-8,10-12,15H,9H2,1-2H3/t15-/m1/s1. The molecule has 3 aromatic rings. The number of hydrogen-bond donors (Lipinski definition) is 0. The van der Waals surface area contributed by atoms with Crippen molar-refractivity contribution < 1.29 is 9.53 Å². The van der Waals surface area contributed by atoms with E-state index in [1.807, 2.05) is 18.2 Å². The summed E-state index contributed by atoms with van der Waals surface area (Å²) in [5.74, 6) is 0.00652. The van der Waals surface area contributed by atoms with Crippen LogP contribution in [0.2, 0.25) is 0 Å². The maximum atomic E-state index is 12.5. The first-order valence-corrected chi connectivity index (χ1v) is 7.55. The highest BCUT2D eigenvalue weighted by Crippen LogP contribution is 2.24. The van der Waals surface area contributed by atoms with E-state index in [1.54, 1.807) is 35.3 Å². The van der Waals surface area contributed by atoms with Gasteiger partial charge in [0.2, 0.25) is 0 Å². The van der Waals surface area contributed by atoms with Crippen molar-refractivity contribution in [2.45, 2.75) is 26.4 Å². The number of ether oxygens (including phenoxy) is 1. The molecule has 0 aliphatic rings. The molecule has 0 fully saturated rings. The summed E-state index contributed by atoms with van der Waals surface area (Å²) in [6, 6.07) is 9.05. The second kappa shape index (κ2) is 6.56. The van der Waals surface area contributed by atoms with Gasteiger partial charge in [0, 0.05) is 12.4 Å². The molecule has 0 unspecified atom stereocenters. The fourth-order valence-electron chi connectivity index (χ4n) is 2.37. The minimum absolute atomic E-state index is 0.361. The van der Waals surface area contributed by atoms with E-state index in [4.69, 9.17) is 4.74 Å². The number of nitrogens with zero attached hydrogens (tertiary/aromatic N) is 4. The van der Waals surface area contributed by atoms with Crippen molar-refractivity contribution in [2.75, 3.05) is 0 Å². The summed E-state index contributed by atoms with van der Waals surface area (Å²) < 4.78 is 7.39. The van der Waals surface area contributed by atoms with Gasteiger partial charge in [-0.05, 0) is 36.6 Å². The number of carbonyl (C=O) groups excluding carboxylic acids is 1. The van der Waals surface area contributed by atoms with Crippen LogP contribution in [0.5, 0.6) is 0 Å². The van der Waals surface area contributed by atoms with Crippen molar-refractivity contribution in [3.63, 3.8) is 0 Å². The maximum Gasteiger partial charge on any atom is 0.340 e. The summed E-state index contributed by atoms with van der Waals surface area (Å²) in [6.45, 7) is 4.18. The number of pyridine rings is 2. The van der Waals surface area contributed by atoms with Crippen LogP contribution in [0.4, 0.5) is 0 Å². The monoisotopic (exact) mass is 310 g/mol. The summed E-state index contributed by atoms with van der Waals surface area (Å²) >= 11 is 0. The van der Waals surface area contributed by atoms with E-state index in [-0.39, 0.29) is 12.1 Å². The molecule has 0 aliphatic heterocycles. The zero-order valence-electron chi connectivity index (χ0n) is 13.1. The lowest BCUT2D eigenvalue weighted by molar-refractivity contribution is 0.0236. The third-order valence-corrected chi connectivity index (χ3v) is 3.48. The van der Waals surface area contributed by atoms with E-state index >= 15 is 0 Å². The molecule has 0 N–H and O–H groups in total. The molecule has 3 rings (SSSR count). The van der Waals surface area contributed by atoms with Gasteiger partial charge >= 0.3 is 5.97 Å². The Morgan fingerprint density at radius 3 is 2.87 bits per heavy atom. The van der Waals surface area contributed by atoms with E-state index in [0.717, 1.165) is 12.1 Å². The van der Waals surface area contributed by atoms with Gasteiger partial charge in [-0.15, -0.1) is 10.2 Å². The summed E-state index contributed by atoms with van der Waals surface area (Å²) in [7, 11) is 0. The number of hydrogen-bond acceptors (Lipinski definition) is 5. The highest BCUT2D eigenvalue weighted by Gasteiger charge is 2.20. The van der Waals surface area contributed by atoms with Gasteiger partial charge in [0.1, 0.15) is 12.4 Å². The van der Waals surface area contributed by atoms with Crippen molar-refractivity contribution in [3.05, 3.63) is 60.3 Å². The molecule has 118 valence electrons. The lowest BCUT2D eigenvalue weighted by Gasteiger charge is -2.19. The zero-order chi connectivity index (χ0) is 16.2. The van der Waals surface area contributed by atoms with Gasteiger partial charge < -0.3 is 4.74 Å². The smallest absolute Gasteiger partial charge is 0.340 e. The van der Waals surface area contributed by atoms with Gasteiger partial charge in [0.15, 0.2) is 5.65 Å². The normalized spacial score (nSPS) is 12.5. The van der Waals surface area contributed by atoms with Gasteiger partial charge in [0.25, 0.3) is 0 Å². The molecule has 0 aliphatic carbocycles. The summed E-state index contributed by atoms with van der Waals surface area (Å²) in [4.78, 5) is 16.8. The minimum atomic E-state index is -0.378.